The number of fused-ring (bicyclic) bond motifs is 1. The number of imidazole rings is 1. The number of aromatic nitrogens is 3. The molecule has 4 nitrogen and oxygen atoms in total. The fourth-order valence-corrected chi connectivity index (χ4v) is 3.84. The average molecular weight is 298 g/mol. The van der Waals surface area contributed by atoms with Crippen LogP contribution in [0.25, 0.3) is 11.0 Å². The van der Waals surface area contributed by atoms with Gasteiger partial charge in [0.15, 0.2) is 0 Å². The SMILES string of the molecule is Cn1c([C@@H]2CCCN2Cc2cscn2)nc2ccccc21. The molecule has 0 unspecified atom stereocenters. The van der Waals surface area contributed by atoms with Crippen molar-refractivity contribution < 1.29 is 0 Å². The lowest BCUT2D eigenvalue weighted by Crippen LogP contribution is -2.25. The number of nitrogens with zero attached hydrogens (tertiary/aromatic N) is 4. The molecule has 0 saturated carbocycles. The van der Waals surface area contributed by atoms with Crippen LogP contribution in [0.3, 0.4) is 0 Å². The Balaban J connectivity index is 1.68. The highest BCUT2D eigenvalue weighted by Gasteiger charge is 2.30. The van der Waals surface area contributed by atoms with Gasteiger partial charge in [-0.25, -0.2) is 9.97 Å². The molecule has 1 aromatic carbocycles. The molecule has 0 aliphatic carbocycles. The maximum Gasteiger partial charge on any atom is 0.127 e. The predicted octanol–water partition coefficient (Wildman–Crippen LogP) is 3.37. The molecule has 1 aliphatic rings. The molecule has 1 fully saturated rings. The van der Waals surface area contributed by atoms with Crippen molar-refractivity contribution in [3.05, 3.63) is 46.7 Å². The summed E-state index contributed by atoms with van der Waals surface area (Å²) >= 11 is 1.67. The Bertz CT molecular complexity index is 747. The number of thiazole rings is 1. The Kier molecular flexibility index (Phi) is 3.24. The molecule has 0 radical (unpaired) electrons. The highest BCUT2D eigenvalue weighted by atomic mass is 32.1. The Morgan fingerprint density at radius 3 is 3.05 bits per heavy atom. The number of rotatable bonds is 3. The molecule has 5 heteroatoms. The third-order valence-corrected chi connectivity index (χ3v) is 4.97. The molecule has 3 aromatic rings. The van der Waals surface area contributed by atoms with E-state index < -0.39 is 0 Å². The number of benzene rings is 1. The molecule has 108 valence electrons. The largest absolute Gasteiger partial charge is 0.330 e. The van der Waals surface area contributed by atoms with Gasteiger partial charge in [0, 0.05) is 19.0 Å². The van der Waals surface area contributed by atoms with E-state index in [0.29, 0.717) is 6.04 Å². The summed E-state index contributed by atoms with van der Waals surface area (Å²) in [7, 11) is 2.13. The van der Waals surface area contributed by atoms with Crippen molar-refractivity contribution >= 4 is 22.4 Å². The van der Waals surface area contributed by atoms with Crippen LogP contribution >= 0.6 is 11.3 Å². The van der Waals surface area contributed by atoms with Crippen LogP contribution in [0.4, 0.5) is 0 Å². The van der Waals surface area contributed by atoms with Crippen molar-refractivity contribution in [2.75, 3.05) is 6.54 Å². The molecule has 1 saturated heterocycles. The van der Waals surface area contributed by atoms with Gasteiger partial charge in [0.05, 0.1) is 28.3 Å². The van der Waals surface area contributed by atoms with Crippen LogP contribution in [-0.2, 0) is 13.6 Å². The standard InChI is InChI=1S/C16H18N4S/c1-19-14-6-3-2-5-13(14)18-16(19)15-7-4-8-20(15)9-12-10-21-11-17-12/h2-3,5-6,10-11,15H,4,7-9H2,1H3/t15-/m0/s1. The van der Waals surface area contributed by atoms with Crippen LogP contribution < -0.4 is 0 Å². The first kappa shape index (κ1) is 13.0. The van der Waals surface area contributed by atoms with Crippen LogP contribution in [0.1, 0.15) is 30.4 Å². The van der Waals surface area contributed by atoms with E-state index in [4.69, 9.17) is 4.98 Å². The minimum atomic E-state index is 0.407. The van der Waals surface area contributed by atoms with E-state index in [-0.39, 0.29) is 0 Å². The monoisotopic (exact) mass is 298 g/mol. The van der Waals surface area contributed by atoms with Crippen molar-refractivity contribution in [1.29, 1.82) is 0 Å². The number of likely N-dealkylation sites (tertiary alicyclic amines) is 1. The van der Waals surface area contributed by atoms with Crippen molar-refractivity contribution in [2.24, 2.45) is 7.05 Å². The van der Waals surface area contributed by atoms with Crippen LogP contribution in [-0.4, -0.2) is 26.0 Å². The topological polar surface area (TPSA) is 34.0 Å². The summed E-state index contributed by atoms with van der Waals surface area (Å²) in [6.07, 6.45) is 2.42. The quantitative estimate of drug-likeness (QED) is 0.743. The maximum atomic E-state index is 4.88. The fraction of sp³-hybridized carbons (Fsp3) is 0.375. The van der Waals surface area contributed by atoms with E-state index in [0.717, 1.165) is 18.6 Å². The van der Waals surface area contributed by atoms with Crippen LogP contribution in [0, 0.1) is 0 Å². The van der Waals surface area contributed by atoms with Gasteiger partial charge >= 0.3 is 0 Å². The molecule has 1 atom stereocenters. The molecule has 1 aliphatic heterocycles. The van der Waals surface area contributed by atoms with Gasteiger partial charge in [-0.05, 0) is 31.5 Å². The van der Waals surface area contributed by atoms with Crippen LogP contribution in [0.15, 0.2) is 35.2 Å². The Morgan fingerprint density at radius 2 is 2.24 bits per heavy atom. The summed E-state index contributed by atoms with van der Waals surface area (Å²) in [5, 5.41) is 2.14. The van der Waals surface area contributed by atoms with Gasteiger partial charge in [-0.1, -0.05) is 12.1 Å². The molecule has 0 bridgehead atoms. The van der Waals surface area contributed by atoms with E-state index >= 15 is 0 Å². The highest BCUT2D eigenvalue weighted by molar-refractivity contribution is 7.07. The fourth-order valence-electron chi connectivity index (χ4n) is 3.29. The van der Waals surface area contributed by atoms with Crippen molar-refractivity contribution in [2.45, 2.75) is 25.4 Å². The second kappa shape index (κ2) is 5.24. The van der Waals surface area contributed by atoms with E-state index in [1.807, 2.05) is 5.51 Å². The van der Waals surface area contributed by atoms with Gasteiger partial charge in [-0.15, -0.1) is 11.3 Å². The number of hydrogen-bond donors (Lipinski definition) is 0. The zero-order chi connectivity index (χ0) is 14.2. The zero-order valence-corrected chi connectivity index (χ0v) is 12.9. The minimum Gasteiger partial charge on any atom is -0.330 e. The van der Waals surface area contributed by atoms with Gasteiger partial charge in [0.1, 0.15) is 5.82 Å². The predicted molar refractivity (Wildman–Crippen MR) is 85.2 cm³/mol. The molecular formula is C16H18N4S. The van der Waals surface area contributed by atoms with Crippen molar-refractivity contribution in [3.8, 4) is 0 Å². The Hall–Kier alpha value is -1.72. The minimum absolute atomic E-state index is 0.407. The number of para-hydroxylation sites is 2. The van der Waals surface area contributed by atoms with Gasteiger partial charge in [-0.3, -0.25) is 4.90 Å². The molecule has 0 N–H and O–H groups in total. The number of hydrogen-bond acceptors (Lipinski definition) is 4. The summed E-state index contributed by atoms with van der Waals surface area (Å²) in [5.74, 6) is 1.18. The molecule has 0 amide bonds. The molecule has 4 rings (SSSR count). The van der Waals surface area contributed by atoms with Gasteiger partial charge in [-0.2, -0.15) is 0 Å². The van der Waals surface area contributed by atoms with E-state index in [1.165, 1.54) is 29.9 Å². The zero-order valence-electron chi connectivity index (χ0n) is 12.1. The third-order valence-electron chi connectivity index (χ3n) is 4.33. The maximum absolute atomic E-state index is 4.88. The van der Waals surface area contributed by atoms with Crippen LogP contribution in [0.5, 0.6) is 0 Å². The summed E-state index contributed by atoms with van der Waals surface area (Å²) < 4.78 is 2.25. The van der Waals surface area contributed by atoms with Crippen molar-refractivity contribution in [3.63, 3.8) is 0 Å². The first-order valence-electron chi connectivity index (χ1n) is 7.35. The molecule has 2 aromatic heterocycles. The summed E-state index contributed by atoms with van der Waals surface area (Å²) in [4.78, 5) is 11.8. The Labute approximate surface area is 128 Å². The van der Waals surface area contributed by atoms with Crippen LogP contribution in [0.2, 0.25) is 0 Å². The molecule has 21 heavy (non-hydrogen) atoms. The first-order chi connectivity index (χ1) is 10.3. The third kappa shape index (κ3) is 2.26. The highest BCUT2D eigenvalue weighted by Crippen LogP contribution is 2.33. The van der Waals surface area contributed by atoms with Crippen molar-refractivity contribution in [1.82, 2.24) is 19.4 Å². The lowest BCUT2D eigenvalue weighted by atomic mass is 10.2. The first-order valence-corrected chi connectivity index (χ1v) is 8.29. The summed E-state index contributed by atoms with van der Waals surface area (Å²) in [6.45, 7) is 2.06. The van der Waals surface area contributed by atoms with E-state index in [9.17, 15) is 0 Å². The number of aryl methyl sites for hydroxylation is 1. The smallest absolute Gasteiger partial charge is 0.127 e. The Morgan fingerprint density at radius 1 is 1.33 bits per heavy atom. The molecule has 0 spiro atoms. The molecular weight excluding hydrogens is 280 g/mol. The summed E-state index contributed by atoms with van der Waals surface area (Å²) in [5.41, 5.74) is 5.39. The average Bonchev–Trinajstić information content (AvgIpc) is 3.21. The van der Waals surface area contributed by atoms with Gasteiger partial charge in [0.2, 0.25) is 0 Å². The van der Waals surface area contributed by atoms with Gasteiger partial charge < -0.3 is 4.57 Å². The lowest BCUT2D eigenvalue weighted by molar-refractivity contribution is 0.235. The normalized spacial score (nSPS) is 19.6. The van der Waals surface area contributed by atoms with Gasteiger partial charge in [0.25, 0.3) is 0 Å². The second-order valence-corrected chi connectivity index (χ2v) is 6.34. The second-order valence-electron chi connectivity index (χ2n) is 5.63. The summed E-state index contributed by atoms with van der Waals surface area (Å²) in [6, 6.07) is 8.78. The van der Waals surface area contributed by atoms with E-state index in [1.54, 1.807) is 11.3 Å². The molecule has 3 heterocycles. The van der Waals surface area contributed by atoms with E-state index in [2.05, 4.69) is 51.1 Å². The lowest BCUT2D eigenvalue weighted by Gasteiger charge is -2.23.